The lowest BCUT2D eigenvalue weighted by atomic mass is 10.1. The molecule has 1 rings (SSSR count). The minimum Gasteiger partial charge on any atom is -0.481 e. The van der Waals surface area contributed by atoms with E-state index in [2.05, 4.69) is 0 Å². The second kappa shape index (κ2) is 4.38. The molecule has 1 saturated carbocycles. The molecule has 1 aliphatic carbocycles. The lowest BCUT2D eigenvalue weighted by Gasteiger charge is -2.22. The van der Waals surface area contributed by atoms with Crippen molar-refractivity contribution in [3.05, 3.63) is 0 Å². The van der Waals surface area contributed by atoms with Crippen LogP contribution in [0.15, 0.2) is 0 Å². The van der Waals surface area contributed by atoms with Gasteiger partial charge in [-0.1, -0.05) is 0 Å². The molecule has 0 radical (unpaired) electrons. The maximum absolute atomic E-state index is 12.3. The molecule has 1 N–H and O–H groups in total. The number of alkyl halides is 3. The van der Waals surface area contributed by atoms with Crippen molar-refractivity contribution in [3.8, 4) is 0 Å². The third-order valence-electron chi connectivity index (χ3n) is 2.45. The Balaban J connectivity index is 2.45. The van der Waals surface area contributed by atoms with Crippen LogP contribution in [0, 0.1) is 11.8 Å². The van der Waals surface area contributed by atoms with Crippen LogP contribution >= 0.6 is 0 Å². The van der Waals surface area contributed by atoms with Crippen molar-refractivity contribution >= 4 is 5.97 Å². The fraction of sp³-hybridized carbons (Fsp3) is 0.889. The first-order valence-electron chi connectivity index (χ1n) is 4.78. The maximum Gasteiger partial charge on any atom is 0.403 e. The molecule has 1 fully saturated rings. The van der Waals surface area contributed by atoms with Gasteiger partial charge in [-0.3, -0.25) is 4.79 Å². The molecule has 0 amide bonds. The van der Waals surface area contributed by atoms with Crippen molar-refractivity contribution in [1.82, 2.24) is 4.90 Å². The van der Waals surface area contributed by atoms with E-state index in [4.69, 9.17) is 5.11 Å². The number of carboxylic acids is 1. The summed E-state index contributed by atoms with van der Waals surface area (Å²) in [4.78, 5) is 11.9. The van der Waals surface area contributed by atoms with Gasteiger partial charge in [-0.15, -0.1) is 0 Å². The van der Waals surface area contributed by atoms with E-state index in [1.54, 1.807) is 0 Å². The van der Waals surface area contributed by atoms with Crippen molar-refractivity contribution in [2.75, 3.05) is 20.1 Å². The van der Waals surface area contributed by atoms with Gasteiger partial charge in [-0.2, -0.15) is 13.2 Å². The number of carbonyl (C=O) groups is 1. The number of halogens is 3. The Labute approximate surface area is 85.9 Å². The van der Waals surface area contributed by atoms with Crippen molar-refractivity contribution in [3.63, 3.8) is 0 Å². The van der Waals surface area contributed by atoms with Gasteiger partial charge in [-0.05, 0) is 25.8 Å². The second-order valence-corrected chi connectivity index (χ2v) is 4.10. The predicted octanol–water partition coefficient (Wildman–Crippen LogP) is 1.59. The lowest BCUT2D eigenvalue weighted by molar-refractivity contribution is -0.196. The number of hydrogen-bond acceptors (Lipinski definition) is 2. The van der Waals surface area contributed by atoms with Crippen LogP contribution in [-0.4, -0.2) is 42.3 Å². The van der Waals surface area contributed by atoms with E-state index >= 15 is 0 Å². The van der Waals surface area contributed by atoms with E-state index in [1.807, 2.05) is 0 Å². The van der Waals surface area contributed by atoms with Crippen LogP contribution in [-0.2, 0) is 4.79 Å². The van der Waals surface area contributed by atoms with Gasteiger partial charge >= 0.3 is 12.1 Å². The lowest BCUT2D eigenvalue weighted by Crippen LogP contribution is -2.40. The summed E-state index contributed by atoms with van der Waals surface area (Å²) in [7, 11) is 1.53. The van der Waals surface area contributed by atoms with Gasteiger partial charge in [0.1, 0.15) is 0 Å². The second-order valence-electron chi connectivity index (χ2n) is 4.10. The Bertz CT molecular complexity index is 238. The van der Waals surface area contributed by atoms with Crippen molar-refractivity contribution in [2.45, 2.75) is 19.0 Å². The Morgan fingerprint density at radius 2 is 2.07 bits per heavy atom. The number of aliphatic carboxylic acids is 1. The monoisotopic (exact) mass is 225 g/mol. The standard InChI is InChI=1S/C9H14F3NO2/c1-13(4-6-2-3-6)5-7(8(14)15)9(10,11)12/h6-7H,2-5H2,1H3,(H,14,15). The Morgan fingerprint density at radius 3 is 2.40 bits per heavy atom. The summed E-state index contributed by atoms with van der Waals surface area (Å²) in [6.45, 7) is 0.0925. The molecular formula is C9H14F3NO2. The SMILES string of the molecule is CN(CC1CC1)CC(C(=O)O)C(F)(F)F. The zero-order valence-corrected chi connectivity index (χ0v) is 8.42. The molecule has 1 atom stereocenters. The van der Waals surface area contributed by atoms with Gasteiger partial charge in [0.25, 0.3) is 0 Å². The van der Waals surface area contributed by atoms with E-state index in [0.29, 0.717) is 12.5 Å². The van der Waals surface area contributed by atoms with Crippen LogP contribution in [0.5, 0.6) is 0 Å². The van der Waals surface area contributed by atoms with Crippen molar-refractivity contribution < 1.29 is 23.1 Å². The molecule has 0 aromatic rings. The van der Waals surface area contributed by atoms with Gasteiger partial charge in [0.05, 0.1) is 0 Å². The minimum atomic E-state index is -4.66. The molecule has 3 nitrogen and oxygen atoms in total. The normalized spacial score (nSPS) is 19.3. The zero-order chi connectivity index (χ0) is 11.6. The molecule has 0 heterocycles. The molecule has 15 heavy (non-hydrogen) atoms. The van der Waals surface area contributed by atoms with Gasteiger partial charge < -0.3 is 10.0 Å². The third kappa shape index (κ3) is 4.07. The molecule has 0 bridgehead atoms. The van der Waals surface area contributed by atoms with Gasteiger partial charge in [0.15, 0.2) is 5.92 Å². The third-order valence-corrected chi connectivity index (χ3v) is 2.45. The summed E-state index contributed by atoms with van der Waals surface area (Å²) < 4.78 is 36.8. The van der Waals surface area contributed by atoms with Crippen LogP contribution in [0.1, 0.15) is 12.8 Å². The Hall–Kier alpha value is -0.780. The molecular weight excluding hydrogens is 211 g/mol. The summed E-state index contributed by atoms with van der Waals surface area (Å²) in [5.41, 5.74) is 0. The van der Waals surface area contributed by atoms with Gasteiger partial charge in [0, 0.05) is 13.1 Å². The first-order valence-corrected chi connectivity index (χ1v) is 4.78. The quantitative estimate of drug-likeness (QED) is 0.772. The van der Waals surface area contributed by atoms with Crippen LogP contribution in [0.4, 0.5) is 13.2 Å². The highest BCUT2D eigenvalue weighted by Gasteiger charge is 2.45. The molecule has 0 aromatic heterocycles. The minimum absolute atomic E-state index is 0.456. The predicted molar refractivity (Wildman–Crippen MR) is 47.4 cm³/mol. The summed E-state index contributed by atoms with van der Waals surface area (Å²) in [6.07, 6.45) is -2.59. The zero-order valence-electron chi connectivity index (χ0n) is 8.42. The average Bonchev–Trinajstić information content (AvgIpc) is 2.81. The summed E-state index contributed by atoms with van der Waals surface area (Å²) in [6, 6.07) is 0. The highest BCUT2D eigenvalue weighted by Crippen LogP contribution is 2.31. The van der Waals surface area contributed by atoms with Crippen LogP contribution in [0.3, 0.4) is 0 Å². The smallest absolute Gasteiger partial charge is 0.403 e. The Kier molecular flexibility index (Phi) is 3.59. The molecule has 0 aliphatic heterocycles. The number of hydrogen-bond donors (Lipinski definition) is 1. The van der Waals surface area contributed by atoms with Crippen molar-refractivity contribution in [1.29, 1.82) is 0 Å². The van der Waals surface area contributed by atoms with Crippen LogP contribution < -0.4 is 0 Å². The first-order chi connectivity index (χ1) is 6.80. The van der Waals surface area contributed by atoms with Crippen molar-refractivity contribution in [2.24, 2.45) is 11.8 Å². The molecule has 1 aliphatic rings. The number of rotatable bonds is 5. The van der Waals surface area contributed by atoms with Gasteiger partial charge in [0.2, 0.25) is 0 Å². The largest absolute Gasteiger partial charge is 0.481 e. The highest BCUT2D eigenvalue weighted by molar-refractivity contribution is 5.71. The summed E-state index contributed by atoms with van der Waals surface area (Å²) >= 11 is 0. The first kappa shape index (κ1) is 12.3. The van der Waals surface area contributed by atoms with E-state index in [0.717, 1.165) is 12.8 Å². The Morgan fingerprint density at radius 1 is 1.53 bits per heavy atom. The van der Waals surface area contributed by atoms with E-state index < -0.39 is 24.6 Å². The van der Waals surface area contributed by atoms with E-state index in [9.17, 15) is 18.0 Å². The number of carboxylic acid groups (broad SMARTS) is 1. The molecule has 0 spiro atoms. The van der Waals surface area contributed by atoms with Crippen LogP contribution in [0.25, 0.3) is 0 Å². The molecule has 88 valence electrons. The molecule has 6 heteroatoms. The number of nitrogens with zero attached hydrogens (tertiary/aromatic N) is 1. The highest BCUT2D eigenvalue weighted by atomic mass is 19.4. The van der Waals surface area contributed by atoms with Crippen LogP contribution in [0.2, 0.25) is 0 Å². The molecule has 0 saturated heterocycles. The summed E-state index contributed by atoms with van der Waals surface area (Å²) in [5, 5.41) is 8.46. The van der Waals surface area contributed by atoms with E-state index in [-0.39, 0.29) is 0 Å². The van der Waals surface area contributed by atoms with E-state index in [1.165, 1.54) is 11.9 Å². The fourth-order valence-corrected chi connectivity index (χ4v) is 1.45. The molecule has 1 unspecified atom stereocenters. The van der Waals surface area contributed by atoms with Gasteiger partial charge in [-0.25, -0.2) is 0 Å². The topological polar surface area (TPSA) is 40.5 Å². The summed E-state index contributed by atoms with van der Waals surface area (Å²) in [5.74, 6) is -3.62. The average molecular weight is 225 g/mol. The fourth-order valence-electron chi connectivity index (χ4n) is 1.45. The molecule has 0 aromatic carbocycles. The maximum atomic E-state index is 12.3.